The lowest BCUT2D eigenvalue weighted by Crippen LogP contribution is -2.14. The molecule has 0 aliphatic rings. The Morgan fingerprint density at radius 1 is 1.60 bits per heavy atom. The van der Waals surface area contributed by atoms with Crippen LogP contribution in [0.25, 0.3) is 11.2 Å². The summed E-state index contributed by atoms with van der Waals surface area (Å²) in [5.41, 5.74) is -0.405. The third-order valence-corrected chi connectivity index (χ3v) is 2.28. The van der Waals surface area contributed by atoms with Crippen LogP contribution in [0, 0.1) is 10.7 Å². The van der Waals surface area contributed by atoms with Gasteiger partial charge in [-0.1, -0.05) is 0 Å². The number of H-pyrrole nitrogens is 1. The summed E-state index contributed by atoms with van der Waals surface area (Å²) in [6.07, 6.45) is 1.56. The van der Waals surface area contributed by atoms with Crippen molar-refractivity contribution in [3.63, 3.8) is 0 Å². The number of aryl methyl sites for hydroxylation is 1. The fourth-order valence-electron chi connectivity index (χ4n) is 1.20. The van der Waals surface area contributed by atoms with E-state index in [1.54, 1.807) is 10.8 Å². The molecular formula is C8H7FN4OS. The first-order valence-electron chi connectivity index (χ1n) is 4.29. The molecule has 0 atom stereocenters. The van der Waals surface area contributed by atoms with Gasteiger partial charge < -0.3 is 9.55 Å². The van der Waals surface area contributed by atoms with Crippen LogP contribution >= 0.6 is 12.2 Å². The molecule has 15 heavy (non-hydrogen) atoms. The number of rotatable bonds is 1. The van der Waals surface area contributed by atoms with Crippen LogP contribution in [-0.4, -0.2) is 19.5 Å². The van der Waals surface area contributed by atoms with Crippen LogP contribution in [0.1, 0.15) is 6.92 Å². The number of hydrogen-bond acceptors (Lipinski definition) is 4. The van der Waals surface area contributed by atoms with E-state index in [2.05, 4.69) is 15.0 Å². The Hall–Kier alpha value is -1.63. The summed E-state index contributed by atoms with van der Waals surface area (Å²) in [6, 6.07) is 0. The fraction of sp³-hybridized carbons (Fsp3) is 0.250. The Morgan fingerprint density at radius 2 is 2.33 bits per heavy atom. The lowest BCUT2D eigenvalue weighted by atomic mass is 10.5. The van der Waals surface area contributed by atoms with Gasteiger partial charge in [0.05, 0.1) is 0 Å². The van der Waals surface area contributed by atoms with Gasteiger partial charge in [-0.15, -0.1) is 0 Å². The van der Waals surface area contributed by atoms with Crippen LogP contribution in [0.15, 0.2) is 11.0 Å². The summed E-state index contributed by atoms with van der Waals surface area (Å²) in [5, 5.41) is 0. The number of halogens is 1. The molecule has 0 unspecified atom stereocenters. The topological polar surface area (TPSA) is 63.6 Å². The second kappa shape index (κ2) is 3.50. The first-order valence-corrected chi connectivity index (χ1v) is 4.69. The molecule has 0 amide bonds. The molecule has 2 rings (SSSR count). The molecule has 0 aliphatic carbocycles. The van der Waals surface area contributed by atoms with Gasteiger partial charge in [0.25, 0.3) is 5.95 Å². The Kier molecular flexibility index (Phi) is 2.31. The van der Waals surface area contributed by atoms with Crippen LogP contribution in [-0.2, 0) is 6.54 Å². The highest BCUT2D eigenvalue weighted by molar-refractivity contribution is 7.71. The molecule has 1 N–H and O–H groups in total. The fourth-order valence-corrected chi connectivity index (χ4v) is 1.47. The quantitative estimate of drug-likeness (QED) is 0.737. The van der Waals surface area contributed by atoms with E-state index in [0.717, 1.165) is 0 Å². The summed E-state index contributed by atoms with van der Waals surface area (Å²) < 4.78 is 14.8. The van der Waals surface area contributed by atoms with Crippen molar-refractivity contribution >= 4 is 23.4 Å². The zero-order valence-electron chi connectivity index (χ0n) is 7.82. The maximum atomic E-state index is 12.9. The van der Waals surface area contributed by atoms with Crippen LogP contribution in [0.4, 0.5) is 4.39 Å². The smallest absolute Gasteiger partial charge is 0.305 e. The van der Waals surface area contributed by atoms with Gasteiger partial charge in [-0.05, 0) is 19.1 Å². The first-order chi connectivity index (χ1) is 7.11. The molecule has 2 heterocycles. The van der Waals surface area contributed by atoms with Crippen molar-refractivity contribution in [2.45, 2.75) is 13.5 Å². The monoisotopic (exact) mass is 226 g/mol. The SMILES string of the molecule is CCn1cc2nc(F)c(=O)[nH]c2nc1=S. The van der Waals surface area contributed by atoms with E-state index in [-0.39, 0.29) is 11.2 Å². The number of nitrogens with one attached hydrogen (secondary N) is 1. The predicted molar refractivity (Wildman–Crippen MR) is 54.6 cm³/mol. The van der Waals surface area contributed by atoms with Crippen molar-refractivity contribution < 1.29 is 4.39 Å². The minimum atomic E-state index is -1.07. The van der Waals surface area contributed by atoms with Gasteiger partial charge in [0.15, 0.2) is 5.65 Å². The maximum absolute atomic E-state index is 12.9. The number of hydrogen-bond donors (Lipinski definition) is 1. The standard InChI is InChI=1S/C8H7FN4OS/c1-2-13-3-4-6(12-8(13)15)11-7(14)5(9)10-4/h3H,2H2,1H3,(H,11,12,14,15). The van der Waals surface area contributed by atoms with Crippen molar-refractivity contribution in [3.05, 3.63) is 27.3 Å². The molecular weight excluding hydrogens is 219 g/mol. The molecule has 0 fully saturated rings. The third kappa shape index (κ3) is 1.65. The van der Waals surface area contributed by atoms with Gasteiger partial charge >= 0.3 is 5.56 Å². The van der Waals surface area contributed by atoms with Gasteiger partial charge in [-0.2, -0.15) is 4.39 Å². The van der Waals surface area contributed by atoms with Crippen LogP contribution < -0.4 is 5.56 Å². The van der Waals surface area contributed by atoms with E-state index in [1.165, 1.54) is 0 Å². The largest absolute Gasteiger partial charge is 0.322 e. The molecule has 0 radical (unpaired) electrons. The molecule has 78 valence electrons. The number of fused-ring (bicyclic) bond motifs is 1. The van der Waals surface area contributed by atoms with E-state index in [0.29, 0.717) is 11.3 Å². The molecule has 0 aromatic carbocycles. The molecule has 0 bridgehead atoms. The summed E-state index contributed by atoms with van der Waals surface area (Å²) in [4.78, 5) is 20.6. The average molecular weight is 226 g/mol. The van der Waals surface area contributed by atoms with E-state index >= 15 is 0 Å². The van der Waals surface area contributed by atoms with Crippen molar-refractivity contribution in [3.8, 4) is 0 Å². The van der Waals surface area contributed by atoms with Crippen LogP contribution in [0.3, 0.4) is 0 Å². The lowest BCUT2D eigenvalue weighted by Gasteiger charge is -2.03. The van der Waals surface area contributed by atoms with E-state index in [1.807, 2.05) is 6.92 Å². The highest BCUT2D eigenvalue weighted by Crippen LogP contribution is 2.04. The van der Waals surface area contributed by atoms with Gasteiger partial charge in [0, 0.05) is 12.7 Å². The third-order valence-electron chi connectivity index (χ3n) is 1.95. The second-order valence-electron chi connectivity index (χ2n) is 2.90. The van der Waals surface area contributed by atoms with Gasteiger partial charge in [0.1, 0.15) is 5.52 Å². The minimum absolute atomic E-state index is 0.205. The van der Waals surface area contributed by atoms with Crippen LogP contribution in [0.2, 0.25) is 0 Å². The molecule has 5 nitrogen and oxygen atoms in total. The highest BCUT2D eigenvalue weighted by atomic mass is 32.1. The number of aromatic nitrogens is 4. The number of nitrogens with zero attached hydrogens (tertiary/aromatic N) is 3. The van der Waals surface area contributed by atoms with Crippen molar-refractivity contribution in [2.24, 2.45) is 0 Å². The van der Waals surface area contributed by atoms with Gasteiger partial charge in [-0.3, -0.25) is 4.79 Å². The van der Waals surface area contributed by atoms with E-state index < -0.39 is 11.5 Å². The molecule has 0 spiro atoms. The molecule has 0 aliphatic heterocycles. The summed E-state index contributed by atoms with van der Waals surface area (Å²) >= 11 is 4.96. The molecule has 2 aromatic rings. The van der Waals surface area contributed by atoms with Gasteiger partial charge in [0.2, 0.25) is 4.77 Å². The lowest BCUT2D eigenvalue weighted by molar-refractivity contribution is 0.568. The van der Waals surface area contributed by atoms with Crippen molar-refractivity contribution in [2.75, 3.05) is 0 Å². The normalized spacial score (nSPS) is 10.8. The molecule has 0 saturated heterocycles. The Bertz CT molecular complexity index is 633. The molecule has 7 heteroatoms. The molecule has 0 saturated carbocycles. The van der Waals surface area contributed by atoms with E-state index in [9.17, 15) is 9.18 Å². The Labute approximate surface area is 88.6 Å². The highest BCUT2D eigenvalue weighted by Gasteiger charge is 2.05. The Morgan fingerprint density at radius 3 is 3.00 bits per heavy atom. The summed E-state index contributed by atoms with van der Waals surface area (Å²) in [7, 11) is 0. The number of aromatic amines is 1. The second-order valence-corrected chi connectivity index (χ2v) is 3.27. The van der Waals surface area contributed by atoms with E-state index in [4.69, 9.17) is 12.2 Å². The van der Waals surface area contributed by atoms with Crippen LogP contribution in [0.5, 0.6) is 0 Å². The summed E-state index contributed by atoms with van der Waals surface area (Å²) in [6.45, 7) is 2.50. The maximum Gasteiger partial charge on any atom is 0.305 e. The van der Waals surface area contributed by atoms with Crippen molar-refractivity contribution in [1.29, 1.82) is 0 Å². The Balaban J connectivity index is 2.88. The first kappa shape index (κ1) is 9.91. The predicted octanol–water partition coefficient (Wildman–Crippen LogP) is 1.01. The minimum Gasteiger partial charge on any atom is -0.322 e. The zero-order chi connectivity index (χ0) is 11.0. The molecule has 2 aromatic heterocycles. The summed E-state index contributed by atoms with van der Waals surface area (Å²) in [5.74, 6) is -1.07. The average Bonchev–Trinajstić information content (AvgIpc) is 2.20. The zero-order valence-corrected chi connectivity index (χ0v) is 8.64. The van der Waals surface area contributed by atoms with Gasteiger partial charge in [-0.25, -0.2) is 9.97 Å². The van der Waals surface area contributed by atoms with Crippen molar-refractivity contribution in [1.82, 2.24) is 19.5 Å².